The van der Waals surface area contributed by atoms with Gasteiger partial charge >= 0.3 is 0 Å². The van der Waals surface area contributed by atoms with Crippen molar-refractivity contribution in [1.29, 1.82) is 0 Å². The van der Waals surface area contributed by atoms with Crippen molar-refractivity contribution < 1.29 is 17.6 Å². The lowest BCUT2D eigenvalue weighted by molar-refractivity contribution is 0.0671. The van der Waals surface area contributed by atoms with E-state index >= 15 is 0 Å². The Labute approximate surface area is 176 Å². The number of hydrogen-bond donors (Lipinski definition) is 0. The van der Waals surface area contributed by atoms with E-state index < -0.39 is 15.9 Å². The minimum atomic E-state index is -3.16. The highest BCUT2D eigenvalue weighted by Crippen LogP contribution is 2.38. The van der Waals surface area contributed by atoms with Crippen LogP contribution in [0, 0.1) is 6.92 Å². The molecule has 1 fully saturated rings. The molecule has 3 aromatic rings. The van der Waals surface area contributed by atoms with Crippen LogP contribution in [0.4, 0.5) is 0 Å². The minimum absolute atomic E-state index is 0.0488. The van der Waals surface area contributed by atoms with Crippen LogP contribution in [0.5, 0.6) is 0 Å². The molecule has 1 aliphatic rings. The van der Waals surface area contributed by atoms with Crippen molar-refractivity contribution in [3.05, 3.63) is 56.8 Å². The first-order chi connectivity index (χ1) is 13.2. The topological polar surface area (TPSA) is 67.6 Å². The Kier molecular flexibility index (Phi) is 5.20. The average molecular weight is 458 g/mol. The number of nitrogens with zero attached hydrogens (tertiary/aromatic N) is 1. The first-order valence-corrected chi connectivity index (χ1v) is 12.1. The fourth-order valence-corrected chi connectivity index (χ4v) is 6.78. The van der Waals surface area contributed by atoms with Gasteiger partial charge in [-0.25, -0.2) is 8.42 Å². The normalized spacial score (nSPS) is 18.6. The number of carbonyl (C=O) groups excluding carboxylic acids is 1. The maximum Gasteiger partial charge on any atom is 0.266 e. The molecule has 0 unspecified atom stereocenters. The van der Waals surface area contributed by atoms with Gasteiger partial charge in [0.2, 0.25) is 0 Å². The van der Waals surface area contributed by atoms with Crippen molar-refractivity contribution in [2.45, 2.75) is 25.9 Å². The van der Waals surface area contributed by atoms with Crippen LogP contribution in [-0.2, 0) is 16.4 Å². The van der Waals surface area contributed by atoms with E-state index in [2.05, 4.69) is 0 Å². The first-order valence-electron chi connectivity index (χ1n) is 8.68. The quantitative estimate of drug-likeness (QED) is 0.556. The Morgan fingerprint density at radius 2 is 2.07 bits per heavy atom. The van der Waals surface area contributed by atoms with E-state index in [1.807, 2.05) is 19.1 Å². The van der Waals surface area contributed by atoms with Crippen molar-refractivity contribution in [1.82, 2.24) is 4.90 Å². The summed E-state index contributed by atoms with van der Waals surface area (Å²) in [5, 5.41) is 1.60. The van der Waals surface area contributed by atoms with Gasteiger partial charge in [-0.1, -0.05) is 23.2 Å². The zero-order valence-electron chi connectivity index (χ0n) is 14.9. The van der Waals surface area contributed by atoms with Gasteiger partial charge in [-0.05, 0) is 43.7 Å². The second-order valence-corrected chi connectivity index (χ2v) is 11.0. The maximum atomic E-state index is 13.4. The molecule has 3 heterocycles. The van der Waals surface area contributed by atoms with Crippen LogP contribution in [0.1, 0.15) is 27.6 Å². The molecule has 0 bridgehead atoms. The lowest BCUT2D eigenvalue weighted by atomic mass is 10.2. The Balaban J connectivity index is 1.73. The largest absolute Gasteiger partial charge is 0.464 e. The van der Waals surface area contributed by atoms with Crippen LogP contribution in [0.3, 0.4) is 0 Å². The summed E-state index contributed by atoms with van der Waals surface area (Å²) < 4.78 is 30.5. The Hall–Kier alpha value is -1.54. The molecule has 1 saturated heterocycles. The molecule has 4 rings (SSSR count). The number of furan rings is 1. The standard InChI is InChI=1S/C19H17Cl2NO4S2/c1-11-2-4-14(26-11)9-22(13-6-7-28(24,25)10-13)19(23)18-17(21)15-8-12(20)3-5-16(15)27-18/h2-5,8,13H,6-7,9-10H2,1H3/t13-/m0/s1. The highest BCUT2D eigenvalue weighted by molar-refractivity contribution is 7.91. The number of carbonyl (C=O) groups is 1. The highest BCUT2D eigenvalue weighted by atomic mass is 35.5. The van der Waals surface area contributed by atoms with E-state index in [0.717, 1.165) is 15.8 Å². The molecule has 9 heteroatoms. The summed E-state index contributed by atoms with van der Waals surface area (Å²) in [4.78, 5) is 15.4. The van der Waals surface area contributed by atoms with Crippen molar-refractivity contribution in [3.63, 3.8) is 0 Å². The molecule has 0 spiro atoms. The molecule has 0 saturated carbocycles. The van der Waals surface area contributed by atoms with E-state index in [4.69, 9.17) is 27.6 Å². The molecule has 5 nitrogen and oxygen atoms in total. The van der Waals surface area contributed by atoms with Crippen molar-refractivity contribution in [2.24, 2.45) is 0 Å². The van der Waals surface area contributed by atoms with Gasteiger partial charge in [-0.15, -0.1) is 11.3 Å². The summed E-state index contributed by atoms with van der Waals surface area (Å²) in [6, 6.07) is 8.51. The Morgan fingerprint density at radius 1 is 1.29 bits per heavy atom. The number of benzene rings is 1. The highest BCUT2D eigenvalue weighted by Gasteiger charge is 2.36. The van der Waals surface area contributed by atoms with Gasteiger partial charge in [0.25, 0.3) is 5.91 Å². The number of rotatable bonds is 4. The summed E-state index contributed by atoms with van der Waals surface area (Å²) >= 11 is 13.8. The number of halogens is 2. The second kappa shape index (κ2) is 7.37. The fraction of sp³-hybridized carbons (Fsp3) is 0.316. The van der Waals surface area contributed by atoms with Gasteiger partial charge in [0, 0.05) is 21.2 Å². The summed E-state index contributed by atoms with van der Waals surface area (Å²) in [6.07, 6.45) is 0.405. The van der Waals surface area contributed by atoms with Crippen LogP contribution < -0.4 is 0 Å². The van der Waals surface area contributed by atoms with Crippen LogP contribution in [0.15, 0.2) is 34.7 Å². The molecule has 28 heavy (non-hydrogen) atoms. The van der Waals surface area contributed by atoms with Crippen LogP contribution in [0.2, 0.25) is 10.0 Å². The summed E-state index contributed by atoms with van der Waals surface area (Å²) in [5.74, 6) is 1.08. The van der Waals surface area contributed by atoms with Crippen molar-refractivity contribution >= 4 is 60.4 Å². The smallest absolute Gasteiger partial charge is 0.266 e. The second-order valence-electron chi connectivity index (χ2n) is 6.89. The summed E-state index contributed by atoms with van der Waals surface area (Å²) in [6.45, 7) is 2.01. The Morgan fingerprint density at radius 3 is 2.71 bits per heavy atom. The molecule has 148 valence electrons. The van der Waals surface area contributed by atoms with Crippen molar-refractivity contribution in [3.8, 4) is 0 Å². The van der Waals surface area contributed by atoms with E-state index in [-0.39, 0.29) is 24.0 Å². The zero-order chi connectivity index (χ0) is 20.1. The molecule has 1 atom stereocenters. The van der Waals surface area contributed by atoms with Gasteiger partial charge in [-0.2, -0.15) is 0 Å². The number of hydrogen-bond acceptors (Lipinski definition) is 5. The Bertz CT molecular complexity index is 1170. The third-order valence-electron chi connectivity index (χ3n) is 4.82. The molecule has 2 aromatic heterocycles. The number of thiophene rings is 1. The minimum Gasteiger partial charge on any atom is -0.464 e. The predicted octanol–water partition coefficient (Wildman–Crippen LogP) is 4.94. The van der Waals surface area contributed by atoms with Crippen LogP contribution in [-0.4, -0.2) is 36.8 Å². The van der Waals surface area contributed by atoms with Gasteiger partial charge in [0.05, 0.1) is 23.1 Å². The van der Waals surface area contributed by atoms with Crippen molar-refractivity contribution in [2.75, 3.05) is 11.5 Å². The lowest BCUT2D eigenvalue weighted by Crippen LogP contribution is -2.40. The van der Waals surface area contributed by atoms with Gasteiger partial charge < -0.3 is 9.32 Å². The monoisotopic (exact) mass is 457 g/mol. The number of sulfone groups is 1. The van der Waals surface area contributed by atoms with Gasteiger partial charge in [0.1, 0.15) is 16.4 Å². The lowest BCUT2D eigenvalue weighted by Gasteiger charge is -2.27. The maximum absolute atomic E-state index is 13.4. The molecule has 1 aromatic carbocycles. The third-order valence-corrected chi connectivity index (χ3v) is 8.46. The predicted molar refractivity (Wildman–Crippen MR) is 112 cm³/mol. The number of amides is 1. The van der Waals surface area contributed by atoms with E-state index in [9.17, 15) is 13.2 Å². The first kappa shape index (κ1) is 19.8. The molecular weight excluding hydrogens is 441 g/mol. The molecule has 0 aliphatic carbocycles. The third kappa shape index (κ3) is 3.81. The number of fused-ring (bicyclic) bond motifs is 1. The van der Waals surface area contributed by atoms with E-state index in [1.54, 1.807) is 23.1 Å². The molecule has 0 N–H and O–H groups in total. The number of aryl methyl sites for hydroxylation is 1. The van der Waals surface area contributed by atoms with E-state index in [0.29, 0.717) is 27.1 Å². The molecule has 1 aliphatic heterocycles. The summed E-state index contributed by atoms with van der Waals surface area (Å²) in [7, 11) is -3.16. The average Bonchev–Trinajstić information content (AvgIpc) is 3.30. The van der Waals surface area contributed by atoms with Crippen LogP contribution >= 0.6 is 34.5 Å². The van der Waals surface area contributed by atoms with E-state index in [1.165, 1.54) is 11.3 Å². The van der Waals surface area contributed by atoms with Crippen LogP contribution in [0.25, 0.3) is 10.1 Å². The fourth-order valence-electron chi connectivity index (χ4n) is 3.43. The molecular formula is C19H17Cl2NO4S2. The molecule has 1 amide bonds. The SMILES string of the molecule is Cc1ccc(CN(C(=O)c2sc3ccc(Cl)cc3c2Cl)[C@H]2CCS(=O)(=O)C2)o1. The van der Waals surface area contributed by atoms with Gasteiger partial charge in [-0.3, -0.25) is 4.79 Å². The zero-order valence-corrected chi connectivity index (χ0v) is 18.1. The summed E-state index contributed by atoms with van der Waals surface area (Å²) in [5.41, 5.74) is 0. The molecule has 0 radical (unpaired) electrons. The van der Waals surface area contributed by atoms with Gasteiger partial charge in [0.15, 0.2) is 9.84 Å².